The standard InChI is InChI=1S/C20H12ClF3N2O4S/c21-13-3-1-11(5-12(13)20(22,23)24)8-26-14-6-10(2-4-15(14)29-9-17(26)27)7-16-18(28)25-19(31)30-16/h1-7H,8-9H2,(H,25,28,31). The Hall–Kier alpha value is -3.11. The number of hydrogen-bond acceptors (Lipinski definition) is 5. The van der Waals surface area contributed by atoms with Crippen LogP contribution in [0, 0.1) is 0 Å². The minimum atomic E-state index is -4.62. The monoisotopic (exact) mass is 468 g/mol. The predicted molar refractivity (Wildman–Crippen MR) is 109 cm³/mol. The van der Waals surface area contributed by atoms with Gasteiger partial charge in [0.1, 0.15) is 5.75 Å². The first kappa shape index (κ1) is 21.1. The smallest absolute Gasteiger partial charge is 0.417 e. The van der Waals surface area contributed by atoms with Crippen molar-refractivity contribution in [2.24, 2.45) is 0 Å². The summed E-state index contributed by atoms with van der Waals surface area (Å²) in [7, 11) is 0. The lowest BCUT2D eigenvalue weighted by Gasteiger charge is -2.30. The summed E-state index contributed by atoms with van der Waals surface area (Å²) in [5.41, 5.74) is 0.107. The lowest BCUT2D eigenvalue weighted by atomic mass is 10.1. The van der Waals surface area contributed by atoms with Gasteiger partial charge in [0.15, 0.2) is 12.4 Å². The average molecular weight is 469 g/mol. The van der Waals surface area contributed by atoms with Crippen LogP contribution in [0.15, 0.2) is 42.2 Å². The molecule has 2 aliphatic rings. The number of amides is 2. The molecular formula is C20H12ClF3N2O4S. The van der Waals surface area contributed by atoms with Gasteiger partial charge in [0.2, 0.25) is 0 Å². The van der Waals surface area contributed by atoms with Crippen molar-refractivity contribution < 1.29 is 32.2 Å². The maximum atomic E-state index is 13.2. The second-order valence-corrected chi connectivity index (χ2v) is 7.44. The van der Waals surface area contributed by atoms with Crippen LogP contribution in [0.2, 0.25) is 5.02 Å². The molecule has 6 nitrogen and oxygen atoms in total. The number of hydrogen-bond donors (Lipinski definition) is 1. The zero-order chi connectivity index (χ0) is 22.3. The summed E-state index contributed by atoms with van der Waals surface area (Å²) in [5.74, 6) is -0.587. The highest BCUT2D eigenvalue weighted by atomic mass is 35.5. The van der Waals surface area contributed by atoms with Gasteiger partial charge < -0.3 is 14.4 Å². The summed E-state index contributed by atoms with van der Waals surface area (Å²) >= 11 is 10.5. The van der Waals surface area contributed by atoms with Crippen LogP contribution in [0.1, 0.15) is 16.7 Å². The first-order chi connectivity index (χ1) is 14.6. The van der Waals surface area contributed by atoms with E-state index in [0.717, 1.165) is 12.1 Å². The molecule has 2 aliphatic heterocycles. The van der Waals surface area contributed by atoms with Crippen molar-refractivity contribution in [3.63, 3.8) is 0 Å². The van der Waals surface area contributed by atoms with Gasteiger partial charge >= 0.3 is 6.18 Å². The number of carbonyl (C=O) groups excluding carboxylic acids is 2. The quantitative estimate of drug-likeness (QED) is 0.543. The summed E-state index contributed by atoms with van der Waals surface area (Å²) in [4.78, 5) is 25.6. The van der Waals surface area contributed by atoms with Crippen molar-refractivity contribution >= 4 is 52.6 Å². The predicted octanol–water partition coefficient (Wildman–Crippen LogP) is 4.06. The molecule has 0 saturated carbocycles. The number of alkyl halides is 3. The van der Waals surface area contributed by atoms with E-state index >= 15 is 0 Å². The number of halogens is 4. The Bertz CT molecular complexity index is 1150. The molecular weight excluding hydrogens is 457 g/mol. The Kier molecular flexibility index (Phi) is 5.36. The highest BCUT2D eigenvalue weighted by molar-refractivity contribution is 7.80. The van der Waals surface area contributed by atoms with Gasteiger partial charge in [0.25, 0.3) is 17.0 Å². The third-order valence-corrected chi connectivity index (χ3v) is 5.06. The first-order valence-corrected chi connectivity index (χ1v) is 9.58. The van der Waals surface area contributed by atoms with Crippen molar-refractivity contribution in [3.8, 4) is 5.75 Å². The summed E-state index contributed by atoms with van der Waals surface area (Å²) in [5, 5.41) is 1.83. The number of carbonyl (C=O) groups is 2. The molecule has 2 amide bonds. The summed E-state index contributed by atoms with van der Waals surface area (Å²) in [6.45, 7) is -0.385. The number of nitrogens with one attached hydrogen (secondary N) is 1. The molecule has 1 saturated heterocycles. The molecule has 0 atom stereocenters. The van der Waals surface area contributed by atoms with Gasteiger partial charge in [-0.2, -0.15) is 13.2 Å². The van der Waals surface area contributed by atoms with Crippen molar-refractivity contribution in [2.75, 3.05) is 11.5 Å². The fraction of sp³-hybridized carbons (Fsp3) is 0.150. The number of rotatable bonds is 3. The lowest BCUT2D eigenvalue weighted by molar-refractivity contribution is -0.137. The second-order valence-electron chi connectivity index (χ2n) is 6.66. The van der Waals surface area contributed by atoms with Crippen LogP contribution in [-0.4, -0.2) is 23.6 Å². The van der Waals surface area contributed by atoms with Crippen LogP contribution in [0.5, 0.6) is 5.75 Å². The van der Waals surface area contributed by atoms with Crippen LogP contribution >= 0.6 is 23.8 Å². The molecule has 2 aromatic rings. The number of thiocarbonyl (C=S) groups is 1. The van der Waals surface area contributed by atoms with E-state index in [1.165, 1.54) is 17.0 Å². The normalized spacial score (nSPS) is 17.4. The van der Waals surface area contributed by atoms with Gasteiger partial charge in [-0.3, -0.25) is 14.9 Å². The molecule has 31 heavy (non-hydrogen) atoms. The second kappa shape index (κ2) is 7.86. The van der Waals surface area contributed by atoms with E-state index in [9.17, 15) is 22.8 Å². The lowest BCUT2D eigenvalue weighted by Crippen LogP contribution is -2.38. The van der Waals surface area contributed by atoms with E-state index in [-0.39, 0.29) is 29.6 Å². The zero-order valence-electron chi connectivity index (χ0n) is 15.5. The van der Waals surface area contributed by atoms with Crippen LogP contribution in [0.4, 0.5) is 18.9 Å². The molecule has 1 N–H and O–H groups in total. The molecule has 160 valence electrons. The van der Waals surface area contributed by atoms with E-state index in [4.69, 9.17) is 33.3 Å². The van der Waals surface area contributed by atoms with Crippen molar-refractivity contribution in [3.05, 3.63) is 63.9 Å². The van der Waals surface area contributed by atoms with E-state index in [2.05, 4.69) is 5.32 Å². The fourth-order valence-electron chi connectivity index (χ4n) is 3.13. The Morgan fingerprint density at radius 2 is 1.97 bits per heavy atom. The number of fused-ring (bicyclic) bond motifs is 1. The molecule has 0 aromatic heterocycles. The first-order valence-electron chi connectivity index (χ1n) is 8.79. The molecule has 11 heteroatoms. The number of anilines is 1. The van der Waals surface area contributed by atoms with Crippen LogP contribution in [-0.2, 0) is 27.0 Å². The molecule has 0 radical (unpaired) electrons. The molecule has 0 aliphatic carbocycles. The van der Waals surface area contributed by atoms with Gasteiger partial charge in [-0.05, 0) is 53.7 Å². The van der Waals surface area contributed by atoms with Gasteiger partial charge in [-0.1, -0.05) is 23.7 Å². The highest BCUT2D eigenvalue weighted by Crippen LogP contribution is 2.37. The summed E-state index contributed by atoms with van der Waals surface area (Å²) in [6, 6.07) is 8.28. The Labute approximate surface area is 184 Å². The van der Waals surface area contributed by atoms with E-state index < -0.39 is 28.6 Å². The Balaban J connectivity index is 1.68. The molecule has 4 rings (SSSR count). The van der Waals surface area contributed by atoms with Gasteiger partial charge in [-0.25, -0.2) is 0 Å². The molecule has 0 unspecified atom stereocenters. The molecule has 2 heterocycles. The van der Waals surface area contributed by atoms with Crippen LogP contribution in [0.25, 0.3) is 6.08 Å². The van der Waals surface area contributed by atoms with E-state index in [1.54, 1.807) is 18.2 Å². The summed E-state index contributed by atoms with van der Waals surface area (Å²) in [6.07, 6.45) is -3.20. The number of ether oxygens (including phenoxy) is 2. The van der Waals surface area contributed by atoms with Crippen molar-refractivity contribution in [2.45, 2.75) is 12.7 Å². The van der Waals surface area contributed by atoms with Gasteiger partial charge in [0, 0.05) is 0 Å². The SMILES string of the molecule is O=C1NC(=S)OC1=Cc1ccc2c(c1)N(Cc1ccc(Cl)c(C(F)(F)F)c1)C(=O)CO2. The molecule has 0 spiro atoms. The topological polar surface area (TPSA) is 67.9 Å². The minimum Gasteiger partial charge on any atom is -0.482 e. The van der Waals surface area contributed by atoms with Crippen LogP contribution in [0.3, 0.4) is 0 Å². The van der Waals surface area contributed by atoms with Crippen LogP contribution < -0.4 is 15.0 Å². The third-order valence-electron chi connectivity index (χ3n) is 4.54. The van der Waals surface area contributed by atoms with Crippen molar-refractivity contribution in [1.29, 1.82) is 0 Å². The minimum absolute atomic E-state index is 0.0212. The van der Waals surface area contributed by atoms with E-state index in [0.29, 0.717) is 17.0 Å². The van der Waals surface area contributed by atoms with Gasteiger partial charge in [-0.15, -0.1) is 0 Å². The molecule has 2 aromatic carbocycles. The zero-order valence-corrected chi connectivity index (χ0v) is 17.0. The van der Waals surface area contributed by atoms with Gasteiger partial charge in [0.05, 0.1) is 22.8 Å². The number of benzene rings is 2. The van der Waals surface area contributed by atoms with Crippen molar-refractivity contribution in [1.82, 2.24) is 5.32 Å². The van der Waals surface area contributed by atoms with E-state index in [1.807, 2.05) is 0 Å². The third kappa shape index (κ3) is 4.35. The Morgan fingerprint density at radius 3 is 2.65 bits per heavy atom. The average Bonchev–Trinajstić information content (AvgIpc) is 3.01. The maximum Gasteiger partial charge on any atom is 0.417 e. The highest BCUT2D eigenvalue weighted by Gasteiger charge is 2.34. The molecule has 1 fully saturated rings. The Morgan fingerprint density at radius 1 is 1.19 bits per heavy atom. The summed E-state index contributed by atoms with van der Waals surface area (Å²) < 4.78 is 50.1. The fourth-order valence-corrected chi connectivity index (χ4v) is 3.53. The maximum absolute atomic E-state index is 13.2. The molecule has 0 bridgehead atoms. The largest absolute Gasteiger partial charge is 0.482 e. The number of nitrogens with zero attached hydrogens (tertiary/aromatic N) is 1.